The van der Waals surface area contributed by atoms with Crippen LogP contribution in [0.5, 0.6) is 5.75 Å². The molecule has 0 bridgehead atoms. The lowest BCUT2D eigenvalue weighted by molar-refractivity contribution is 0.191. The molecule has 2 aromatic rings. The van der Waals surface area contributed by atoms with Crippen molar-refractivity contribution in [3.63, 3.8) is 0 Å². The third-order valence-corrected chi connectivity index (χ3v) is 4.04. The lowest BCUT2D eigenvalue weighted by Crippen LogP contribution is -2.52. The first kappa shape index (κ1) is 17.0. The molecule has 0 radical (unpaired) electrons. The summed E-state index contributed by atoms with van der Waals surface area (Å²) in [6.45, 7) is 5.73. The quantitative estimate of drug-likeness (QED) is 0.838. The molecule has 1 fully saturated rings. The minimum atomic E-state index is -0.0542. The molecular formula is C18H23N5O2. The van der Waals surface area contributed by atoms with Gasteiger partial charge in [0.2, 0.25) is 5.95 Å². The van der Waals surface area contributed by atoms with Gasteiger partial charge in [-0.1, -0.05) is 12.1 Å². The Morgan fingerprint density at radius 3 is 2.64 bits per heavy atom. The van der Waals surface area contributed by atoms with Crippen molar-refractivity contribution in [1.29, 1.82) is 0 Å². The zero-order chi connectivity index (χ0) is 17.5. The lowest BCUT2D eigenvalue weighted by atomic mass is 10.2. The van der Waals surface area contributed by atoms with E-state index in [1.165, 1.54) is 0 Å². The van der Waals surface area contributed by atoms with Gasteiger partial charge < -0.3 is 19.9 Å². The highest BCUT2D eigenvalue weighted by Gasteiger charge is 2.22. The monoisotopic (exact) mass is 341 g/mol. The average molecular weight is 341 g/mol. The minimum absolute atomic E-state index is 0.0542. The molecule has 0 spiro atoms. The van der Waals surface area contributed by atoms with Gasteiger partial charge in [-0.2, -0.15) is 0 Å². The van der Waals surface area contributed by atoms with Crippen molar-refractivity contribution < 1.29 is 9.53 Å². The molecule has 7 nitrogen and oxygen atoms in total. The number of piperazine rings is 1. The Bertz CT molecular complexity index is 687. The summed E-state index contributed by atoms with van der Waals surface area (Å²) in [4.78, 5) is 24.6. The first-order valence-electron chi connectivity index (χ1n) is 8.46. The average Bonchev–Trinajstić information content (AvgIpc) is 2.66. The van der Waals surface area contributed by atoms with Crippen molar-refractivity contribution in [2.24, 2.45) is 0 Å². The second-order valence-corrected chi connectivity index (χ2v) is 5.92. The number of aromatic nitrogens is 2. The van der Waals surface area contributed by atoms with Crippen LogP contribution in [-0.2, 0) is 0 Å². The zero-order valence-electron chi connectivity index (χ0n) is 14.4. The molecule has 2 heterocycles. The maximum atomic E-state index is 12.2. The summed E-state index contributed by atoms with van der Waals surface area (Å²) in [5, 5.41) is 2.90. The van der Waals surface area contributed by atoms with Crippen LogP contribution in [0.3, 0.4) is 0 Å². The second kappa shape index (κ2) is 8.32. The molecule has 0 saturated carbocycles. The van der Waals surface area contributed by atoms with Crippen LogP contribution in [0, 0.1) is 6.92 Å². The van der Waals surface area contributed by atoms with Gasteiger partial charge in [0.25, 0.3) is 0 Å². The third kappa shape index (κ3) is 4.82. The maximum absolute atomic E-state index is 12.2. The zero-order valence-corrected chi connectivity index (χ0v) is 14.4. The molecule has 0 unspecified atom stereocenters. The van der Waals surface area contributed by atoms with E-state index in [1.54, 1.807) is 18.5 Å². The Morgan fingerprint density at radius 1 is 1.16 bits per heavy atom. The van der Waals surface area contributed by atoms with Gasteiger partial charge in [0.05, 0.1) is 6.54 Å². The van der Waals surface area contributed by atoms with E-state index in [-0.39, 0.29) is 6.03 Å². The number of hydrogen-bond acceptors (Lipinski definition) is 5. The molecule has 1 aliphatic rings. The second-order valence-electron chi connectivity index (χ2n) is 5.92. The van der Waals surface area contributed by atoms with E-state index < -0.39 is 0 Å². The normalized spacial score (nSPS) is 14.3. The molecule has 132 valence electrons. The van der Waals surface area contributed by atoms with E-state index in [9.17, 15) is 4.79 Å². The maximum Gasteiger partial charge on any atom is 0.317 e. The SMILES string of the molecule is Cc1cccc(OCCNC(=O)N2CCN(c3ncccn3)CC2)c1. The van der Waals surface area contributed by atoms with Gasteiger partial charge in [0.1, 0.15) is 12.4 Å². The summed E-state index contributed by atoms with van der Waals surface area (Å²) in [7, 11) is 0. The van der Waals surface area contributed by atoms with Crippen LogP contribution in [0.2, 0.25) is 0 Å². The van der Waals surface area contributed by atoms with Crippen LogP contribution in [0.15, 0.2) is 42.7 Å². The fourth-order valence-electron chi connectivity index (χ4n) is 2.71. The van der Waals surface area contributed by atoms with Crippen LogP contribution >= 0.6 is 0 Å². The number of nitrogens with zero attached hydrogens (tertiary/aromatic N) is 4. The van der Waals surface area contributed by atoms with E-state index >= 15 is 0 Å². The number of nitrogens with one attached hydrogen (secondary N) is 1. The highest BCUT2D eigenvalue weighted by atomic mass is 16.5. The third-order valence-electron chi connectivity index (χ3n) is 4.04. The number of ether oxygens (including phenoxy) is 1. The van der Waals surface area contributed by atoms with E-state index in [0.29, 0.717) is 32.2 Å². The molecule has 1 aromatic carbocycles. The number of anilines is 1. The van der Waals surface area contributed by atoms with Gasteiger partial charge in [-0.05, 0) is 30.7 Å². The summed E-state index contributed by atoms with van der Waals surface area (Å²) in [5.74, 6) is 1.54. The van der Waals surface area contributed by atoms with E-state index in [2.05, 4.69) is 20.2 Å². The summed E-state index contributed by atoms with van der Waals surface area (Å²) in [5.41, 5.74) is 1.15. The summed E-state index contributed by atoms with van der Waals surface area (Å²) in [6.07, 6.45) is 3.46. The number of urea groups is 1. The Balaban J connectivity index is 1.37. The number of hydrogen-bond donors (Lipinski definition) is 1. The van der Waals surface area contributed by atoms with Crippen molar-refractivity contribution >= 4 is 12.0 Å². The van der Waals surface area contributed by atoms with Crippen LogP contribution in [0.4, 0.5) is 10.7 Å². The molecule has 1 aromatic heterocycles. The van der Waals surface area contributed by atoms with Crippen molar-refractivity contribution in [3.05, 3.63) is 48.3 Å². The summed E-state index contributed by atoms with van der Waals surface area (Å²) >= 11 is 0. The Hall–Kier alpha value is -2.83. The number of carbonyl (C=O) groups excluding carboxylic acids is 1. The van der Waals surface area contributed by atoms with Gasteiger partial charge in [-0.3, -0.25) is 0 Å². The van der Waals surface area contributed by atoms with Crippen LogP contribution in [-0.4, -0.2) is 60.2 Å². The topological polar surface area (TPSA) is 70.6 Å². The van der Waals surface area contributed by atoms with Crippen LogP contribution in [0.1, 0.15) is 5.56 Å². The highest BCUT2D eigenvalue weighted by Crippen LogP contribution is 2.12. The summed E-state index contributed by atoms with van der Waals surface area (Å²) in [6, 6.07) is 9.62. The van der Waals surface area contributed by atoms with E-state index in [1.807, 2.05) is 36.1 Å². The van der Waals surface area contributed by atoms with Gasteiger partial charge in [0, 0.05) is 38.6 Å². The fraction of sp³-hybridized carbons (Fsp3) is 0.389. The van der Waals surface area contributed by atoms with Crippen molar-refractivity contribution in [1.82, 2.24) is 20.2 Å². The molecular weight excluding hydrogens is 318 g/mol. The number of carbonyl (C=O) groups is 1. The molecule has 7 heteroatoms. The van der Waals surface area contributed by atoms with E-state index in [4.69, 9.17) is 4.74 Å². The van der Waals surface area contributed by atoms with E-state index in [0.717, 1.165) is 24.4 Å². The van der Waals surface area contributed by atoms with Crippen LogP contribution < -0.4 is 15.0 Å². The number of aryl methyl sites for hydroxylation is 1. The van der Waals surface area contributed by atoms with Crippen LogP contribution in [0.25, 0.3) is 0 Å². The number of rotatable bonds is 5. The van der Waals surface area contributed by atoms with Crippen molar-refractivity contribution in [3.8, 4) is 5.75 Å². The van der Waals surface area contributed by atoms with Gasteiger partial charge in [-0.15, -0.1) is 0 Å². The van der Waals surface area contributed by atoms with Crippen molar-refractivity contribution in [2.45, 2.75) is 6.92 Å². The first-order chi connectivity index (χ1) is 12.2. The minimum Gasteiger partial charge on any atom is -0.492 e. The Kier molecular flexibility index (Phi) is 5.66. The predicted octanol–water partition coefficient (Wildman–Crippen LogP) is 1.70. The largest absolute Gasteiger partial charge is 0.492 e. The molecule has 3 rings (SSSR count). The van der Waals surface area contributed by atoms with Crippen molar-refractivity contribution in [2.75, 3.05) is 44.2 Å². The Morgan fingerprint density at radius 2 is 1.92 bits per heavy atom. The Labute approximate surface area is 147 Å². The number of benzene rings is 1. The molecule has 1 N–H and O–H groups in total. The van der Waals surface area contributed by atoms with Gasteiger partial charge in [-0.25, -0.2) is 14.8 Å². The summed E-state index contributed by atoms with van der Waals surface area (Å²) < 4.78 is 5.64. The standard InChI is InChI=1S/C18H23N5O2/c1-15-4-2-5-16(14-15)25-13-8-21-18(24)23-11-9-22(10-12-23)17-19-6-3-7-20-17/h2-7,14H,8-13H2,1H3,(H,21,24). The molecule has 1 saturated heterocycles. The predicted molar refractivity (Wildman–Crippen MR) is 95.9 cm³/mol. The number of amides is 2. The molecule has 2 amide bonds. The lowest BCUT2D eigenvalue weighted by Gasteiger charge is -2.34. The smallest absolute Gasteiger partial charge is 0.317 e. The van der Waals surface area contributed by atoms with Gasteiger partial charge >= 0.3 is 6.03 Å². The fourth-order valence-corrected chi connectivity index (χ4v) is 2.71. The van der Waals surface area contributed by atoms with Gasteiger partial charge in [0.15, 0.2) is 0 Å². The molecule has 1 aliphatic heterocycles. The highest BCUT2D eigenvalue weighted by molar-refractivity contribution is 5.74. The molecule has 25 heavy (non-hydrogen) atoms. The first-order valence-corrected chi connectivity index (χ1v) is 8.46. The molecule has 0 aliphatic carbocycles. The molecule has 0 atom stereocenters.